The second-order valence-electron chi connectivity index (χ2n) is 4.65. The summed E-state index contributed by atoms with van der Waals surface area (Å²) in [5, 5.41) is 7.04. The predicted octanol–water partition coefficient (Wildman–Crippen LogP) is 3.10. The van der Waals surface area contributed by atoms with E-state index in [-0.39, 0.29) is 16.5 Å². The number of hydrogen-bond acceptors (Lipinski definition) is 3. The number of carbonyl (C=O) groups is 1. The van der Waals surface area contributed by atoms with Gasteiger partial charge in [-0.25, -0.2) is 4.39 Å². The van der Waals surface area contributed by atoms with Gasteiger partial charge in [0.05, 0.1) is 11.2 Å². The maximum atomic E-state index is 13.7. The lowest BCUT2D eigenvalue weighted by Gasteiger charge is -2.05. The van der Waals surface area contributed by atoms with Crippen LogP contribution in [0.1, 0.15) is 29.4 Å². The van der Waals surface area contributed by atoms with Crippen molar-refractivity contribution < 1.29 is 9.18 Å². The van der Waals surface area contributed by atoms with Crippen LogP contribution in [0.3, 0.4) is 0 Å². The van der Waals surface area contributed by atoms with Gasteiger partial charge in [-0.1, -0.05) is 24.6 Å². The molecule has 0 radical (unpaired) electrons. The van der Waals surface area contributed by atoms with Crippen molar-refractivity contribution >= 4 is 29.4 Å². The summed E-state index contributed by atoms with van der Waals surface area (Å²) in [7, 11) is 1.65. The maximum absolute atomic E-state index is 13.7. The predicted molar refractivity (Wildman–Crippen MR) is 84.5 cm³/mol. The zero-order valence-corrected chi connectivity index (χ0v) is 13.1. The molecule has 0 saturated heterocycles. The summed E-state index contributed by atoms with van der Waals surface area (Å²) in [5.41, 5.74) is 0.848. The number of nitrogens with one attached hydrogen (secondary N) is 1. The highest BCUT2D eigenvalue weighted by atomic mass is 35.5. The molecule has 2 rings (SSSR count). The lowest BCUT2D eigenvalue weighted by atomic mass is 10.2. The van der Waals surface area contributed by atoms with Gasteiger partial charge < -0.3 is 5.32 Å². The minimum atomic E-state index is -0.475. The van der Waals surface area contributed by atoms with Gasteiger partial charge in [-0.15, -0.1) is 0 Å². The summed E-state index contributed by atoms with van der Waals surface area (Å²) in [6, 6.07) is 4.39. The average Bonchev–Trinajstić information content (AvgIpc) is 2.85. The van der Waals surface area contributed by atoms with Crippen LogP contribution in [0.2, 0.25) is 5.02 Å². The highest BCUT2D eigenvalue weighted by molar-refractivity contribution is 6.33. The molecule has 2 aromatic rings. The van der Waals surface area contributed by atoms with Crippen LogP contribution in [0.5, 0.6) is 0 Å². The molecule has 0 aliphatic heterocycles. The molecule has 5 nitrogen and oxygen atoms in total. The second kappa shape index (κ2) is 7.17. The largest absolute Gasteiger partial charge is 0.351 e. The summed E-state index contributed by atoms with van der Waals surface area (Å²) in [6.07, 6.45) is 3.57. The van der Waals surface area contributed by atoms with E-state index in [1.165, 1.54) is 29.2 Å². The van der Waals surface area contributed by atoms with Gasteiger partial charge in [-0.3, -0.25) is 14.5 Å². The molecule has 0 bridgehead atoms. The summed E-state index contributed by atoms with van der Waals surface area (Å²) in [5.74, 6) is -0.745. The third-order valence-corrected chi connectivity index (χ3v) is 3.33. The number of halogens is 2. The Morgan fingerprint density at radius 1 is 1.55 bits per heavy atom. The highest BCUT2D eigenvalue weighted by Gasteiger charge is 2.16. The van der Waals surface area contributed by atoms with Gasteiger partial charge in [-0.2, -0.15) is 5.10 Å². The van der Waals surface area contributed by atoms with Crippen LogP contribution in [-0.4, -0.2) is 28.4 Å². The zero-order chi connectivity index (χ0) is 16.1. The first-order valence-electron chi connectivity index (χ1n) is 6.82. The van der Waals surface area contributed by atoms with E-state index in [4.69, 9.17) is 11.6 Å². The van der Waals surface area contributed by atoms with Gasteiger partial charge in [-0.05, 0) is 18.6 Å². The number of benzene rings is 1. The van der Waals surface area contributed by atoms with Gasteiger partial charge in [0.25, 0.3) is 5.91 Å². The Labute approximate surface area is 132 Å². The molecule has 1 amide bonds. The van der Waals surface area contributed by atoms with Crippen LogP contribution < -0.4 is 5.32 Å². The van der Waals surface area contributed by atoms with Crippen LogP contribution in [-0.2, 0) is 7.05 Å². The first-order chi connectivity index (χ1) is 10.5. The molecule has 1 aromatic carbocycles. The Bertz CT molecular complexity index is 691. The quantitative estimate of drug-likeness (QED) is 0.860. The van der Waals surface area contributed by atoms with Crippen molar-refractivity contribution in [1.29, 1.82) is 0 Å². The Balaban J connectivity index is 2.31. The number of aromatic nitrogens is 2. The normalized spacial score (nSPS) is 11.1. The minimum Gasteiger partial charge on any atom is -0.351 e. The molecule has 22 heavy (non-hydrogen) atoms. The molecule has 0 saturated carbocycles. The molecule has 116 valence electrons. The van der Waals surface area contributed by atoms with Gasteiger partial charge in [0.1, 0.15) is 11.5 Å². The van der Waals surface area contributed by atoms with E-state index < -0.39 is 5.82 Å². The number of rotatable bonds is 5. The van der Waals surface area contributed by atoms with Crippen LogP contribution in [0, 0.1) is 5.82 Å². The molecule has 1 heterocycles. The molecule has 0 atom stereocenters. The fourth-order valence-electron chi connectivity index (χ4n) is 1.87. The summed E-state index contributed by atoms with van der Waals surface area (Å²) >= 11 is 5.94. The van der Waals surface area contributed by atoms with E-state index in [0.717, 1.165) is 6.42 Å². The Morgan fingerprint density at radius 3 is 3.00 bits per heavy atom. The fourth-order valence-corrected chi connectivity index (χ4v) is 2.09. The third kappa shape index (κ3) is 3.51. The average molecular weight is 323 g/mol. The molecule has 0 spiro atoms. The van der Waals surface area contributed by atoms with Crippen molar-refractivity contribution in [1.82, 2.24) is 15.1 Å². The standard InChI is InChI=1S/C15H16ClFN4O/c1-3-7-18-15(22)14-13(9-20-21(14)2)19-8-10-11(16)5-4-6-12(10)17/h4-6,8-9H,3,7H2,1-2H3,(H,18,22). The molecule has 1 N–H and O–H groups in total. The van der Waals surface area contributed by atoms with Crippen molar-refractivity contribution in [3.63, 3.8) is 0 Å². The van der Waals surface area contributed by atoms with E-state index in [2.05, 4.69) is 15.4 Å². The molecular formula is C15H16ClFN4O. The van der Waals surface area contributed by atoms with Crippen molar-refractivity contribution in [2.24, 2.45) is 12.0 Å². The zero-order valence-electron chi connectivity index (χ0n) is 12.3. The van der Waals surface area contributed by atoms with Crippen molar-refractivity contribution in [3.05, 3.63) is 46.5 Å². The van der Waals surface area contributed by atoms with E-state index in [0.29, 0.717) is 17.9 Å². The van der Waals surface area contributed by atoms with Crippen molar-refractivity contribution in [2.45, 2.75) is 13.3 Å². The van der Waals surface area contributed by atoms with Gasteiger partial charge in [0.15, 0.2) is 5.69 Å². The number of carbonyl (C=O) groups excluding carboxylic acids is 1. The SMILES string of the molecule is CCCNC(=O)c1c(N=Cc2c(F)cccc2Cl)cnn1C. The van der Waals surface area contributed by atoms with Crippen LogP contribution >= 0.6 is 11.6 Å². The van der Waals surface area contributed by atoms with E-state index in [1.54, 1.807) is 13.1 Å². The number of aliphatic imine (C=N–C) groups is 1. The van der Waals surface area contributed by atoms with E-state index >= 15 is 0 Å². The molecule has 1 aromatic heterocycles. The number of aryl methyl sites for hydroxylation is 1. The number of hydrogen-bond donors (Lipinski definition) is 1. The van der Waals surface area contributed by atoms with Crippen LogP contribution in [0.4, 0.5) is 10.1 Å². The maximum Gasteiger partial charge on any atom is 0.271 e. The minimum absolute atomic E-state index is 0.174. The van der Waals surface area contributed by atoms with Crippen molar-refractivity contribution in [2.75, 3.05) is 6.54 Å². The van der Waals surface area contributed by atoms with E-state index in [9.17, 15) is 9.18 Å². The molecule has 0 unspecified atom stereocenters. The highest BCUT2D eigenvalue weighted by Crippen LogP contribution is 2.21. The lowest BCUT2D eigenvalue weighted by Crippen LogP contribution is -2.26. The van der Waals surface area contributed by atoms with E-state index in [1.807, 2.05) is 6.92 Å². The first-order valence-corrected chi connectivity index (χ1v) is 7.20. The molecule has 0 aliphatic rings. The van der Waals surface area contributed by atoms with Gasteiger partial charge in [0.2, 0.25) is 0 Å². The lowest BCUT2D eigenvalue weighted by molar-refractivity contribution is 0.0945. The summed E-state index contributed by atoms with van der Waals surface area (Å²) < 4.78 is 15.1. The monoisotopic (exact) mass is 322 g/mol. The number of nitrogens with zero attached hydrogens (tertiary/aromatic N) is 3. The summed E-state index contributed by atoms with van der Waals surface area (Å²) in [4.78, 5) is 16.3. The molecule has 0 fully saturated rings. The third-order valence-electron chi connectivity index (χ3n) is 3.00. The molecule has 7 heteroatoms. The first kappa shape index (κ1) is 16.2. The smallest absolute Gasteiger partial charge is 0.271 e. The van der Waals surface area contributed by atoms with Crippen LogP contribution in [0.15, 0.2) is 29.4 Å². The Morgan fingerprint density at radius 2 is 2.32 bits per heavy atom. The van der Waals surface area contributed by atoms with Crippen molar-refractivity contribution in [3.8, 4) is 0 Å². The topological polar surface area (TPSA) is 59.3 Å². The fraction of sp³-hybridized carbons (Fsp3) is 0.267. The molecule has 0 aliphatic carbocycles. The van der Waals surface area contributed by atoms with Gasteiger partial charge in [0, 0.05) is 25.4 Å². The Hall–Kier alpha value is -2.21. The van der Waals surface area contributed by atoms with Crippen LogP contribution in [0.25, 0.3) is 0 Å². The molecular weight excluding hydrogens is 307 g/mol. The Kier molecular flexibility index (Phi) is 5.27. The summed E-state index contributed by atoms with van der Waals surface area (Å²) in [6.45, 7) is 2.52. The second-order valence-corrected chi connectivity index (χ2v) is 5.06. The number of amides is 1. The van der Waals surface area contributed by atoms with Gasteiger partial charge >= 0.3 is 0 Å².